The molecule has 0 bridgehead atoms. The quantitative estimate of drug-likeness (QED) is 0.816. The summed E-state index contributed by atoms with van der Waals surface area (Å²) in [4.78, 5) is 27.4. The molecule has 21 heavy (non-hydrogen) atoms. The predicted molar refractivity (Wildman–Crippen MR) is 83.5 cm³/mol. The number of nitrogens with one attached hydrogen (secondary N) is 2. The molecule has 0 aliphatic rings. The van der Waals surface area contributed by atoms with Gasteiger partial charge in [0, 0.05) is 29.1 Å². The Bertz CT molecular complexity index is 632. The molecular weight excluding hydrogens is 334 g/mol. The van der Waals surface area contributed by atoms with E-state index in [2.05, 4.69) is 31.5 Å². The maximum absolute atomic E-state index is 11.7. The van der Waals surface area contributed by atoms with E-state index in [9.17, 15) is 9.59 Å². The maximum Gasteiger partial charge on any atom is 0.233 e. The Morgan fingerprint density at radius 1 is 1.14 bits per heavy atom. The lowest BCUT2D eigenvalue weighted by Gasteiger charge is -2.07. The van der Waals surface area contributed by atoms with E-state index in [4.69, 9.17) is 0 Å². The van der Waals surface area contributed by atoms with Gasteiger partial charge in [0.2, 0.25) is 11.8 Å². The molecular formula is C15H14BrN3O2. The largest absolute Gasteiger partial charge is 0.352 e. The summed E-state index contributed by atoms with van der Waals surface area (Å²) in [5.74, 6) is -0.678. The van der Waals surface area contributed by atoms with Crippen molar-refractivity contribution in [3.63, 3.8) is 0 Å². The van der Waals surface area contributed by atoms with E-state index in [-0.39, 0.29) is 18.2 Å². The molecule has 0 aliphatic heterocycles. The molecule has 1 heterocycles. The van der Waals surface area contributed by atoms with Crippen LogP contribution in [0.25, 0.3) is 0 Å². The lowest BCUT2D eigenvalue weighted by atomic mass is 10.2. The van der Waals surface area contributed by atoms with Crippen LogP contribution in [0.5, 0.6) is 0 Å². The minimum Gasteiger partial charge on any atom is -0.352 e. The molecule has 2 N–H and O–H groups in total. The highest BCUT2D eigenvalue weighted by Crippen LogP contribution is 2.15. The topological polar surface area (TPSA) is 71.1 Å². The fraction of sp³-hybridized carbons (Fsp3) is 0.133. The van der Waals surface area contributed by atoms with E-state index in [1.165, 1.54) is 0 Å². The highest BCUT2D eigenvalue weighted by molar-refractivity contribution is 9.10. The number of nitrogens with zero attached hydrogens (tertiary/aromatic N) is 1. The average Bonchev–Trinajstić information content (AvgIpc) is 2.46. The molecule has 2 aromatic rings. The summed E-state index contributed by atoms with van der Waals surface area (Å²) in [5, 5.41) is 5.35. The van der Waals surface area contributed by atoms with Gasteiger partial charge in [-0.15, -0.1) is 0 Å². The van der Waals surface area contributed by atoms with Crippen LogP contribution in [-0.4, -0.2) is 16.8 Å². The highest BCUT2D eigenvalue weighted by atomic mass is 79.9. The van der Waals surface area contributed by atoms with E-state index in [0.29, 0.717) is 12.2 Å². The van der Waals surface area contributed by atoms with Crippen molar-refractivity contribution in [3.8, 4) is 0 Å². The molecule has 0 atom stereocenters. The van der Waals surface area contributed by atoms with Crippen LogP contribution in [-0.2, 0) is 16.1 Å². The van der Waals surface area contributed by atoms with Crippen LogP contribution in [0.15, 0.2) is 53.3 Å². The lowest BCUT2D eigenvalue weighted by Crippen LogP contribution is -2.27. The second kappa shape index (κ2) is 7.54. The minimum atomic E-state index is -0.350. The van der Waals surface area contributed by atoms with Gasteiger partial charge in [-0.05, 0) is 29.8 Å². The monoisotopic (exact) mass is 347 g/mol. The van der Waals surface area contributed by atoms with Crippen molar-refractivity contribution in [1.29, 1.82) is 0 Å². The zero-order chi connectivity index (χ0) is 15.1. The van der Waals surface area contributed by atoms with Crippen molar-refractivity contribution in [2.45, 2.75) is 13.0 Å². The third-order valence-electron chi connectivity index (χ3n) is 2.64. The first-order valence-electron chi connectivity index (χ1n) is 6.34. The van der Waals surface area contributed by atoms with Crippen molar-refractivity contribution in [1.82, 2.24) is 10.3 Å². The molecule has 2 amide bonds. The second-order valence-electron chi connectivity index (χ2n) is 4.37. The van der Waals surface area contributed by atoms with Crippen molar-refractivity contribution in [2.75, 3.05) is 5.32 Å². The second-order valence-corrected chi connectivity index (χ2v) is 5.29. The van der Waals surface area contributed by atoms with Crippen LogP contribution >= 0.6 is 15.9 Å². The number of rotatable bonds is 5. The summed E-state index contributed by atoms with van der Waals surface area (Å²) < 4.78 is 0.862. The van der Waals surface area contributed by atoms with Crippen LogP contribution in [0, 0.1) is 0 Å². The van der Waals surface area contributed by atoms with E-state index in [1.807, 2.05) is 18.2 Å². The fourth-order valence-corrected chi connectivity index (χ4v) is 2.08. The van der Waals surface area contributed by atoms with Crippen molar-refractivity contribution < 1.29 is 9.59 Å². The van der Waals surface area contributed by atoms with E-state index in [0.717, 1.165) is 10.0 Å². The van der Waals surface area contributed by atoms with Gasteiger partial charge in [0.15, 0.2) is 0 Å². The van der Waals surface area contributed by atoms with Gasteiger partial charge >= 0.3 is 0 Å². The van der Waals surface area contributed by atoms with Gasteiger partial charge in [-0.1, -0.05) is 28.1 Å². The first-order valence-corrected chi connectivity index (χ1v) is 7.14. The Morgan fingerprint density at radius 2 is 2.00 bits per heavy atom. The van der Waals surface area contributed by atoms with Crippen molar-refractivity contribution in [3.05, 3.63) is 58.8 Å². The van der Waals surface area contributed by atoms with Gasteiger partial charge in [-0.2, -0.15) is 0 Å². The van der Waals surface area contributed by atoms with Gasteiger partial charge < -0.3 is 10.6 Å². The Kier molecular flexibility index (Phi) is 5.45. The molecule has 0 radical (unpaired) electrons. The van der Waals surface area contributed by atoms with Crippen LogP contribution in [0.2, 0.25) is 0 Å². The molecule has 5 nitrogen and oxygen atoms in total. The number of carbonyl (C=O) groups excluding carboxylic acids is 2. The van der Waals surface area contributed by atoms with E-state index in [1.54, 1.807) is 30.6 Å². The molecule has 0 spiro atoms. The zero-order valence-corrected chi connectivity index (χ0v) is 12.8. The number of hydrogen-bond donors (Lipinski definition) is 2. The average molecular weight is 348 g/mol. The van der Waals surface area contributed by atoms with Crippen LogP contribution in [0.1, 0.15) is 12.0 Å². The third kappa shape index (κ3) is 5.35. The highest BCUT2D eigenvalue weighted by Gasteiger charge is 2.09. The molecule has 0 fully saturated rings. The Labute approximate surface area is 130 Å². The van der Waals surface area contributed by atoms with Gasteiger partial charge in [0.05, 0.1) is 0 Å². The number of pyridine rings is 1. The first kappa shape index (κ1) is 15.2. The molecule has 0 saturated heterocycles. The summed E-state index contributed by atoms with van der Waals surface area (Å²) in [7, 11) is 0. The summed E-state index contributed by atoms with van der Waals surface area (Å²) >= 11 is 3.32. The maximum atomic E-state index is 11.7. The van der Waals surface area contributed by atoms with Crippen LogP contribution < -0.4 is 10.6 Å². The number of anilines is 1. The Balaban J connectivity index is 1.78. The number of benzene rings is 1. The predicted octanol–water partition coefficient (Wildman–Crippen LogP) is 2.49. The summed E-state index contributed by atoms with van der Waals surface area (Å²) in [6, 6.07) is 10.8. The number of aromatic nitrogens is 1. The molecule has 1 aromatic carbocycles. The standard InChI is InChI=1S/C15H14BrN3O2/c16-12-4-1-5-13(7-12)19-15(21)8-14(20)18-10-11-3-2-6-17-9-11/h1-7,9H,8,10H2,(H,18,20)(H,19,21). The molecule has 6 heteroatoms. The number of hydrogen-bond acceptors (Lipinski definition) is 3. The molecule has 0 unspecified atom stereocenters. The van der Waals surface area contributed by atoms with Gasteiger partial charge in [0.25, 0.3) is 0 Å². The van der Waals surface area contributed by atoms with E-state index >= 15 is 0 Å². The number of carbonyl (C=O) groups is 2. The number of halogens is 1. The summed E-state index contributed by atoms with van der Waals surface area (Å²) in [5.41, 5.74) is 1.53. The Hall–Kier alpha value is -2.21. The minimum absolute atomic E-state index is 0.216. The molecule has 0 saturated carbocycles. The SMILES string of the molecule is O=C(CC(=O)Nc1cccc(Br)c1)NCc1cccnc1. The normalized spacial score (nSPS) is 9.95. The number of amides is 2. The van der Waals surface area contributed by atoms with Crippen LogP contribution in [0.4, 0.5) is 5.69 Å². The molecule has 1 aromatic heterocycles. The zero-order valence-electron chi connectivity index (χ0n) is 11.2. The van der Waals surface area contributed by atoms with Gasteiger partial charge in [-0.3, -0.25) is 14.6 Å². The van der Waals surface area contributed by atoms with Crippen molar-refractivity contribution in [2.24, 2.45) is 0 Å². The molecule has 0 aliphatic carbocycles. The molecule has 108 valence electrons. The first-order chi connectivity index (χ1) is 10.1. The van der Waals surface area contributed by atoms with Crippen molar-refractivity contribution >= 4 is 33.4 Å². The van der Waals surface area contributed by atoms with E-state index < -0.39 is 0 Å². The smallest absolute Gasteiger partial charge is 0.233 e. The van der Waals surface area contributed by atoms with Gasteiger partial charge in [-0.25, -0.2) is 0 Å². The fourth-order valence-electron chi connectivity index (χ4n) is 1.68. The van der Waals surface area contributed by atoms with Crippen LogP contribution in [0.3, 0.4) is 0 Å². The lowest BCUT2D eigenvalue weighted by molar-refractivity contribution is -0.126. The molecule has 2 rings (SSSR count). The summed E-state index contributed by atoms with van der Waals surface area (Å²) in [6.07, 6.45) is 3.12. The third-order valence-corrected chi connectivity index (χ3v) is 3.14. The van der Waals surface area contributed by atoms with Gasteiger partial charge in [0.1, 0.15) is 6.42 Å². The Morgan fingerprint density at radius 3 is 2.71 bits per heavy atom. The summed E-state index contributed by atoms with van der Waals surface area (Å²) in [6.45, 7) is 0.358.